The Labute approximate surface area is 236 Å². The van der Waals surface area contributed by atoms with Crippen LogP contribution in [-0.4, -0.2) is 56.9 Å². The number of amides is 2. The summed E-state index contributed by atoms with van der Waals surface area (Å²) in [6.07, 6.45) is -11.9. The molecule has 1 heterocycles. The number of hydrogen-bond acceptors (Lipinski definition) is 6. The zero-order chi connectivity index (χ0) is 30.7. The van der Waals surface area contributed by atoms with Crippen molar-refractivity contribution in [2.75, 3.05) is 38.7 Å². The van der Waals surface area contributed by atoms with Crippen molar-refractivity contribution in [1.82, 2.24) is 4.90 Å². The maximum absolute atomic E-state index is 13.5. The van der Waals surface area contributed by atoms with Gasteiger partial charge in [0.1, 0.15) is 6.61 Å². The van der Waals surface area contributed by atoms with Gasteiger partial charge in [-0.3, -0.25) is 9.80 Å². The van der Waals surface area contributed by atoms with Crippen LogP contribution in [0, 0.1) is 0 Å². The van der Waals surface area contributed by atoms with Gasteiger partial charge in [0.2, 0.25) is 0 Å². The lowest BCUT2D eigenvalue weighted by molar-refractivity contribution is -0.143. The van der Waals surface area contributed by atoms with Gasteiger partial charge in [-0.2, -0.15) is 26.3 Å². The van der Waals surface area contributed by atoms with Gasteiger partial charge in [0.05, 0.1) is 50.1 Å². The predicted octanol–water partition coefficient (Wildman–Crippen LogP) is 7.03. The summed E-state index contributed by atoms with van der Waals surface area (Å²) in [6, 6.07) is 2.38. The third-order valence-electron chi connectivity index (χ3n) is 6.44. The number of rotatable bonds is 7. The first kappa shape index (κ1) is 32.0. The molecular formula is C26H27ClF6N2O6. The van der Waals surface area contributed by atoms with Crippen LogP contribution in [0.3, 0.4) is 0 Å². The molecule has 0 N–H and O–H groups in total. The summed E-state index contributed by atoms with van der Waals surface area (Å²) in [7, 11) is 3.73. The van der Waals surface area contributed by atoms with E-state index in [1.807, 2.05) is 0 Å². The number of alkyl halides is 7. The van der Waals surface area contributed by atoms with Crippen LogP contribution < -0.4 is 14.4 Å². The number of ether oxygens (including phenoxy) is 4. The fourth-order valence-electron chi connectivity index (χ4n) is 4.65. The third kappa shape index (κ3) is 7.03. The number of fused-ring (bicyclic) bond motifs is 1. The van der Waals surface area contributed by atoms with E-state index in [4.69, 9.17) is 30.5 Å². The highest BCUT2D eigenvalue weighted by Gasteiger charge is 2.41. The van der Waals surface area contributed by atoms with E-state index in [-0.39, 0.29) is 47.7 Å². The zero-order valence-corrected chi connectivity index (χ0v) is 23.1. The standard InChI is InChI=1S/C26H27ClF6N2O6/c1-14-7-19(18-11-21(38-2)22(39-3)12-20(18)35(14)24(37)41-6-5-27)34(23(36)40-4)13-15-8-16(25(28,29)30)10-17(9-15)26(31,32)33/h8-12,14,19H,5-7,13H2,1-4H3/t14-,19+/m1/s1. The molecule has 3 rings (SSSR count). The van der Waals surface area contributed by atoms with Crippen LogP contribution in [0.2, 0.25) is 0 Å². The Kier molecular flexibility index (Phi) is 9.77. The molecule has 226 valence electrons. The van der Waals surface area contributed by atoms with Crippen molar-refractivity contribution >= 4 is 29.5 Å². The molecule has 0 radical (unpaired) electrons. The van der Waals surface area contributed by atoms with E-state index in [1.54, 1.807) is 6.92 Å². The van der Waals surface area contributed by atoms with Crippen LogP contribution >= 0.6 is 11.6 Å². The summed E-state index contributed by atoms with van der Waals surface area (Å²) >= 11 is 5.65. The number of halogens is 7. The van der Waals surface area contributed by atoms with E-state index >= 15 is 0 Å². The van der Waals surface area contributed by atoms with Crippen LogP contribution in [0.1, 0.15) is 41.6 Å². The van der Waals surface area contributed by atoms with E-state index in [2.05, 4.69) is 0 Å². The Balaban J connectivity index is 2.19. The van der Waals surface area contributed by atoms with Crippen LogP contribution in [0.5, 0.6) is 11.5 Å². The Bertz CT molecular complexity index is 1240. The molecular weight excluding hydrogens is 586 g/mol. The molecule has 8 nitrogen and oxygen atoms in total. The van der Waals surface area contributed by atoms with Crippen LogP contribution in [-0.2, 0) is 28.4 Å². The van der Waals surface area contributed by atoms with Gasteiger partial charge in [0.25, 0.3) is 0 Å². The second-order valence-electron chi connectivity index (χ2n) is 9.05. The van der Waals surface area contributed by atoms with Crippen LogP contribution in [0.4, 0.5) is 41.6 Å². The predicted molar refractivity (Wildman–Crippen MR) is 135 cm³/mol. The maximum atomic E-state index is 13.5. The van der Waals surface area contributed by atoms with E-state index in [1.165, 1.54) is 31.3 Å². The summed E-state index contributed by atoms with van der Waals surface area (Å²) in [4.78, 5) is 28.3. The average molecular weight is 613 g/mol. The highest BCUT2D eigenvalue weighted by Crippen LogP contribution is 2.47. The molecule has 15 heteroatoms. The van der Waals surface area contributed by atoms with Gasteiger partial charge in [0.15, 0.2) is 11.5 Å². The number of carbonyl (C=O) groups is 2. The van der Waals surface area contributed by atoms with Crippen molar-refractivity contribution in [3.8, 4) is 11.5 Å². The number of methoxy groups -OCH3 is 3. The molecule has 2 atom stereocenters. The molecule has 2 aromatic rings. The fraction of sp³-hybridized carbons (Fsp3) is 0.462. The largest absolute Gasteiger partial charge is 0.493 e. The minimum absolute atomic E-state index is 0.00540. The number of nitrogens with zero attached hydrogens (tertiary/aromatic N) is 2. The molecule has 1 aliphatic heterocycles. The van der Waals surface area contributed by atoms with Gasteiger partial charge in [-0.05, 0) is 43.2 Å². The average Bonchev–Trinajstić information content (AvgIpc) is 2.91. The first-order chi connectivity index (χ1) is 19.2. The molecule has 0 saturated heterocycles. The maximum Gasteiger partial charge on any atom is 0.416 e. The minimum atomic E-state index is -5.08. The van der Waals surface area contributed by atoms with E-state index in [0.717, 1.165) is 12.0 Å². The second-order valence-corrected chi connectivity index (χ2v) is 9.43. The quantitative estimate of drug-likeness (QED) is 0.247. The Morgan fingerprint density at radius 2 is 1.51 bits per heavy atom. The van der Waals surface area contributed by atoms with E-state index < -0.39 is 59.9 Å². The first-order valence-corrected chi connectivity index (χ1v) is 12.6. The first-order valence-electron chi connectivity index (χ1n) is 12.1. The SMILES string of the molecule is COC(=O)N(Cc1cc(C(F)(F)F)cc(C(F)(F)F)c1)[C@H]1C[C@@H](C)N(C(=O)OCCCl)c2cc(OC)c(OC)cc21. The molecule has 1 aliphatic rings. The number of hydrogen-bond donors (Lipinski definition) is 0. The molecule has 0 spiro atoms. The summed E-state index contributed by atoms with van der Waals surface area (Å²) in [6.45, 7) is 0.860. The highest BCUT2D eigenvalue weighted by molar-refractivity contribution is 6.18. The number of anilines is 1. The van der Waals surface area contributed by atoms with Gasteiger partial charge in [-0.25, -0.2) is 9.59 Å². The van der Waals surface area contributed by atoms with Crippen molar-refractivity contribution in [1.29, 1.82) is 0 Å². The zero-order valence-electron chi connectivity index (χ0n) is 22.4. The minimum Gasteiger partial charge on any atom is -0.493 e. The van der Waals surface area contributed by atoms with Crippen molar-refractivity contribution in [3.63, 3.8) is 0 Å². The van der Waals surface area contributed by atoms with Crippen LogP contribution in [0.25, 0.3) is 0 Å². The van der Waals surface area contributed by atoms with Crippen LogP contribution in [0.15, 0.2) is 30.3 Å². The Morgan fingerprint density at radius 3 is 2.00 bits per heavy atom. The molecule has 2 aromatic carbocycles. The van der Waals surface area contributed by atoms with Gasteiger partial charge >= 0.3 is 24.5 Å². The lowest BCUT2D eigenvalue weighted by Gasteiger charge is -2.42. The van der Waals surface area contributed by atoms with E-state index in [9.17, 15) is 35.9 Å². The topological polar surface area (TPSA) is 77.5 Å². The fourth-order valence-corrected chi connectivity index (χ4v) is 4.72. The molecule has 0 bridgehead atoms. The summed E-state index contributed by atoms with van der Waals surface area (Å²) in [5, 5.41) is 0. The normalized spacial score (nSPS) is 17.0. The van der Waals surface area contributed by atoms with Crippen molar-refractivity contribution < 1.29 is 54.9 Å². The monoisotopic (exact) mass is 612 g/mol. The summed E-state index contributed by atoms with van der Waals surface area (Å²) in [5.74, 6) is 0.442. The second kappa shape index (κ2) is 12.5. The molecule has 2 amide bonds. The Hall–Kier alpha value is -3.55. The lowest BCUT2D eigenvalue weighted by atomic mass is 9.90. The number of benzene rings is 2. The molecule has 0 aromatic heterocycles. The van der Waals surface area contributed by atoms with E-state index in [0.29, 0.717) is 12.1 Å². The smallest absolute Gasteiger partial charge is 0.416 e. The lowest BCUT2D eigenvalue weighted by Crippen LogP contribution is -2.47. The third-order valence-corrected chi connectivity index (χ3v) is 6.60. The molecule has 0 unspecified atom stereocenters. The van der Waals surface area contributed by atoms with Crippen molar-refractivity contribution in [2.45, 2.75) is 44.3 Å². The number of carbonyl (C=O) groups excluding carboxylic acids is 2. The van der Waals surface area contributed by atoms with Gasteiger partial charge in [0, 0.05) is 24.2 Å². The summed E-state index contributed by atoms with van der Waals surface area (Å²) < 4.78 is 102. The van der Waals surface area contributed by atoms with Crippen molar-refractivity contribution in [3.05, 3.63) is 52.6 Å². The molecule has 0 aliphatic carbocycles. The van der Waals surface area contributed by atoms with Gasteiger partial charge in [-0.1, -0.05) is 0 Å². The van der Waals surface area contributed by atoms with Crippen molar-refractivity contribution in [2.24, 2.45) is 0 Å². The molecule has 41 heavy (non-hydrogen) atoms. The Morgan fingerprint density at radius 1 is 0.951 bits per heavy atom. The van der Waals surface area contributed by atoms with Gasteiger partial charge in [-0.15, -0.1) is 11.6 Å². The summed E-state index contributed by atoms with van der Waals surface area (Å²) in [5.41, 5.74) is -2.97. The molecule has 0 saturated carbocycles. The highest BCUT2D eigenvalue weighted by atomic mass is 35.5. The molecule has 0 fully saturated rings. The van der Waals surface area contributed by atoms with Gasteiger partial charge < -0.3 is 18.9 Å².